The minimum atomic E-state index is -0.697. The number of carbonyl (C=O) groups is 2. The van der Waals surface area contributed by atoms with Crippen molar-refractivity contribution in [2.24, 2.45) is 0 Å². The first-order valence-electron chi connectivity index (χ1n) is 12.9. The van der Waals surface area contributed by atoms with Gasteiger partial charge in [-0.15, -0.1) is 0 Å². The SMILES string of the molecule is COC(=O)[C@H](C)Oc1cccc(Cn2c(C)nc3cc(C(=O)N[C@@H](C)c4cccc(C(C)C)c4)ccc32)c1. The predicted molar refractivity (Wildman–Crippen MR) is 149 cm³/mol. The molecule has 0 fully saturated rings. The summed E-state index contributed by atoms with van der Waals surface area (Å²) >= 11 is 0. The standard InChI is InChI=1S/C31H35N3O4/c1-19(2)24-10-8-11-25(16-24)20(3)32-30(35)26-13-14-29-28(17-26)33-22(5)34(29)18-23-9-7-12-27(15-23)38-21(4)31(36)37-6/h7-17,19-21H,18H2,1-6H3,(H,32,35)/t20-,21-/m0/s1. The lowest BCUT2D eigenvalue weighted by Crippen LogP contribution is -2.26. The molecule has 1 N–H and O–H groups in total. The molecule has 0 aliphatic heterocycles. The molecular weight excluding hydrogens is 478 g/mol. The van der Waals surface area contributed by atoms with Crippen molar-refractivity contribution in [3.63, 3.8) is 0 Å². The Balaban J connectivity index is 1.50. The first kappa shape index (κ1) is 26.9. The fraction of sp³-hybridized carbons (Fsp3) is 0.323. The van der Waals surface area contributed by atoms with Crippen LogP contribution in [0.2, 0.25) is 0 Å². The van der Waals surface area contributed by atoms with Gasteiger partial charge in [0.15, 0.2) is 6.10 Å². The van der Waals surface area contributed by atoms with Gasteiger partial charge in [0.2, 0.25) is 0 Å². The molecule has 0 spiro atoms. The molecule has 0 aliphatic rings. The first-order valence-corrected chi connectivity index (χ1v) is 12.9. The van der Waals surface area contributed by atoms with Crippen molar-refractivity contribution >= 4 is 22.9 Å². The van der Waals surface area contributed by atoms with Gasteiger partial charge in [0, 0.05) is 12.1 Å². The van der Waals surface area contributed by atoms with E-state index in [0.29, 0.717) is 23.8 Å². The highest BCUT2D eigenvalue weighted by Crippen LogP contribution is 2.23. The number of fused-ring (bicyclic) bond motifs is 1. The van der Waals surface area contributed by atoms with Crippen molar-refractivity contribution < 1.29 is 19.1 Å². The van der Waals surface area contributed by atoms with Gasteiger partial charge in [0.25, 0.3) is 5.91 Å². The van der Waals surface area contributed by atoms with E-state index in [1.165, 1.54) is 12.7 Å². The highest BCUT2D eigenvalue weighted by molar-refractivity contribution is 5.97. The average molecular weight is 514 g/mol. The van der Waals surface area contributed by atoms with Crippen LogP contribution in [0.5, 0.6) is 5.75 Å². The van der Waals surface area contributed by atoms with Crippen molar-refractivity contribution in [3.8, 4) is 5.75 Å². The molecule has 7 heteroatoms. The number of esters is 1. The van der Waals surface area contributed by atoms with Gasteiger partial charge in [-0.1, -0.05) is 50.2 Å². The van der Waals surface area contributed by atoms with Crippen LogP contribution in [0, 0.1) is 6.92 Å². The van der Waals surface area contributed by atoms with E-state index < -0.39 is 12.1 Å². The number of methoxy groups -OCH3 is 1. The zero-order valence-corrected chi connectivity index (χ0v) is 22.8. The lowest BCUT2D eigenvalue weighted by atomic mass is 9.98. The third kappa shape index (κ3) is 6.05. The van der Waals surface area contributed by atoms with Crippen LogP contribution in [-0.2, 0) is 16.1 Å². The second kappa shape index (κ2) is 11.5. The lowest BCUT2D eigenvalue weighted by molar-refractivity contribution is -0.147. The van der Waals surface area contributed by atoms with Gasteiger partial charge in [-0.05, 0) is 73.7 Å². The van der Waals surface area contributed by atoms with E-state index in [9.17, 15) is 9.59 Å². The number of ether oxygens (including phenoxy) is 2. The van der Waals surface area contributed by atoms with Crippen molar-refractivity contribution in [3.05, 3.63) is 94.8 Å². The number of rotatable bonds is 9. The number of imidazole rings is 1. The number of hydrogen-bond donors (Lipinski definition) is 1. The van der Waals surface area contributed by atoms with E-state index in [1.807, 2.05) is 68.4 Å². The third-order valence-corrected chi connectivity index (χ3v) is 6.71. The molecule has 4 aromatic rings. The van der Waals surface area contributed by atoms with Gasteiger partial charge in [0.05, 0.1) is 24.2 Å². The molecule has 1 amide bonds. The van der Waals surface area contributed by atoms with Crippen LogP contribution in [0.25, 0.3) is 11.0 Å². The van der Waals surface area contributed by atoms with E-state index in [1.54, 1.807) is 6.92 Å². The van der Waals surface area contributed by atoms with Crippen molar-refractivity contribution in [1.29, 1.82) is 0 Å². The van der Waals surface area contributed by atoms with Crippen molar-refractivity contribution in [2.75, 3.05) is 7.11 Å². The molecule has 7 nitrogen and oxygen atoms in total. The molecule has 0 radical (unpaired) electrons. The molecule has 38 heavy (non-hydrogen) atoms. The number of nitrogens with one attached hydrogen (secondary N) is 1. The summed E-state index contributed by atoms with van der Waals surface area (Å²) in [4.78, 5) is 29.5. The summed E-state index contributed by atoms with van der Waals surface area (Å²) in [5.41, 5.74) is 5.60. The number of carbonyl (C=O) groups excluding carboxylic acids is 2. The largest absolute Gasteiger partial charge is 0.479 e. The Bertz CT molecular complexity index is 1460. The van der Waals surface area contributed by atoms with Crippen LogP contribution in [0.1, 0.15) is 72.5 Å². The van der Waals surface area contributed by atoms with Crippen LogP contribution in [-0.4, -0.2) is 34.6 Å². The Morgan fingerprint density at radius 3 is 2.42 bits per heavy atom. The molecule has 1 heterocycles. The molecular formula is C31H35N3O4. The Hall–Kier alpha value is -4.13. The number of amides is 1. The Morgan fingerprint density at radius 2 is 1.68 bits per heavy atom. The molecule has 0 unspecified atom stereocenters. The maximum Gasteiger partial charge on any atom is 0.346 e. The molecule has 0 bridgehead atoms. The lowest BCUT2D eigenvalue weighted by Gasteiger charge is -2.16. The summed E-state index contributed by atoms with van der Waals surface area (Å²) in [6, 6.07) is 21.4. The van der Waals surface area contributed by atoms with Gasteiger partial charge in [-0.2, -0.15) is 0 Å². The third-order valence-electron chi connectivity index (χ3n) is 6.71. The molecule has 0 saturated carbocycles. The predicted octanol–water partition coefficient (Wildman–Crippen LogP) is 5.95. The van der Waals surface area contributed by atoms with Crippen LogP contribution < -0.4 is 10.1 Å². The topological polar surface area (TPSA) is 82.5 Å². The maximum atomic E-state index is 13.1. The Morgan fingerprint density at radius 1 is 0.947 bits per heavy atom. The molecule has 3 aromatic carbocycles. The summed E-state index contributed by atoms with van der Waals surface area (Å²) in [6.07, 6.45) is -0.697. The second-order valence-corrected chi connectivity index (χ2v) is 9.90. The van der Waals surface area contributed by atoms with E-state index in [-0.39, 0.29) is 11.9 Å². The van der Waals surface area contributed by atoms with Gasteiger partial charge in [0.1, 0.15) is 11.6 Å². The zero-order valence-electron chi connectivity index (χ0n) is 22.8. The molecule has 2 atom stereocenters. The van der Waals surface area contributed by atoms with Gasteiger partial charge in [-0.3, -0.25) is 4.79 Å². The second-order valence-electron chi connectivity index (χ2n) is 9.90. The molecule has 198 valence electrons. The van der Waals surface area contributed by atoms with Crippen LogP contribution in [0.15, 0.2) is 66.7 Å². The number of aryl methyl sites for hydroxylation is 1. The number of nitrogens with zero attached hydrogens (tertiary/aromatic N) is 2. The Labute approximate surface area is 223 Å². The summed E-state index contributed by atoms with van der Waals surface area (Å²) in [5.74, 6) is 1.30. The smallest absolute Gasteiger partial charge is 0.346 e. The van der Waals surface area contributed by atoms with Crippen LogP contribution in [0.3, 0.4) is 0 Å². The van der Waals surface area contributed by atoms with Crippen molar-refractivity contribution in [1.82, 2.24) is 14.9 Å². The zero-order chi connectivity index (χ0) is 27.4. The van der Waals surface area contributed by atoms with E-state index in [0.717, 1.165) is 28.0 Å². The fourth-order valence-electron chi connectivity index (χ4n) is 4.46. The molecule has 0 saturated heterocycles. The summed E-state index contributed by atoms with van der Waals surface area (Å²) < 4.78 is 12.6. The number of aromatic nitrogens is 2. The normalized spacial score (nSPS) is 12.8. The maximum absolute atomic E-state index is 13.1. The molecule has 0 aliphatic carbocycles. The van der Waals surface area contributed by atoms with E-state index >= 15 is 0 Å². The van der Waals surface area contributed by atoms with Gasteiger partial charge < -0.3 is 19.4 Å². The van der Waals surface area contributed by atoms with Crippen molar-refractivity contribution in [2.45, 2.75) is 59.2 Å². The molecule has 1 aromatic heterocycles. The van der Waals surface area contributed by atoms with Crippen LogP contribution in [0.4, 0.5) is 0 Å². The van der Waals surface area contributed by atoms with Gasteiger partial charge >= 0.3 is 5.97 Å². The highest BCUT2D eigenvalue weighted by atomic mass is 16.6. The molecule has 4 rings (SSSR count). The summed E-state index contributed by atoms with van der Waals surface area (Å²) in [6.45, 7) is 10.5. The minimum Gasteiger partial charge on any atom is -0.479 e. The summed E-state index contributed by atoms with van der Waals surface area (Å²) in [5, 5.41) is 3.12. The summed E-state index contributed by atoms with van der Waals surface area (Å²) in [7, 11) is 1.34. The monoisotopic (exact) mass is 513 g/mol. The van der Waals surface area contributed by atoms with Crippen LogP contribution >= 0.6 is 0 Å². The number of benzene rings is 3. The fourth-order valence-corrected chi connectivity index (χ4v) is 4.46. The quantitative estimate of drug-likeness (QED) is 0.280. The van der Waals surface area contributed by atoms with E-state index in [4.69, 9.17) is 14.5 Å². The minimum absolute atomic E-state index is 0.118. The Kier molecular flexibility index (Phi) is 8.15. The van der Waals surface area contributed by atoms with Gasteiger partial charge in [-0.25, -0.2) is 9.78 Å². The highest BCUT2D eigenvalue weighted by Gasteiger charge is 2.17. The van der Waals surface area contributed by atoms with E-state index in [2.05, 4.69) is 35.9 Å². The first-order chi connectivity index (χ1) is 18.2. The average Bonchev–Trinajstić information content (AvgIpc) is 3.22. The number of hydrogen-bond acceptors (Lipinski definition) is 5.